The molecule has 7 nitrogen and oxygen atoms in total. The van der Waals surface area contributed by atoms with Gasteiger partial charge in [-0.1, -0.05) is 24.3 Å². The Kier molecular flexibility index (Phi) is 5.88. The summed E-state index contributed by atoms with van der Waals surface area (Å²) < 4.78 is 13.9. The lowest BCUT2D eigenvalue weighted by Gasteiger charge is -2.36. The number of anilines is 2. The molecular formula is C20H21FN4O3. The second-order valence-corrected chi connectivity index (χ2v) is 6.45. The van der Waals surface area contributed by atoms with Gasteiger partial charge in [-0.2, -0.15) is 0 Å². The summed E-state index contributed by atoms with van der Waals surface area (Å²) in [7, 11) is 0. The lowest BCUT2D eigenvalue weighted by molar-refractivity contribution is -0.134. The minimum Gasteiger partial charge on any atom is -0.366 e. The fourth-order valence-electron chi connectivity index (χ4n) is 3.16. The van der Waals surface area contributed by atoms with Gasteiger partial charge in [0.25, 0.3) is 5.91 Å². The lowest BCUT2D eigenvalue weighted by Crippen LogP contribution is -2.49. The Balaban J connectivity index is 1.54. The highest BCUT2D eigenvalue weighted by Crippen LogP contribution is 2.20. The van der Waals surface area contributed by atoms with Crippen LogP contribution in [0.4, 0.5) is 15.8 Å². The fourth-order valence-corrected chi connectivity index (χ4v) is 3.16. The second-order valence-electron chi connectivity index (χ2n) is 6.45. The maximum absolute atomic E-state index is 13.9. The number of amides is 3. The Morgan fingerprint density at radius 1 is 0.964 bits per heavy atom. The predicted molar refractivity (Wildman–Crippen MR) is 103 cm³/mol. The number of hydrogen-bond acceptors (Lipinski definition) is 4. The molecule has 3 N–H and O–H groups in total. The summed E-state index contributed by atoms with van der Waals surface area (Å²) in [6, 6.07) is 12.9. The number of benzene rings is 2. The van der Waals surface area contributed by atoms with Crippen molar-refractivity contribution in [3.63, 3.8) is 0 Å². The quantitative estimate of drug-likeness (QED) is 0.766. The Morgan fingerprint density at radius 2 is 1.61 bits per heavy atom. The molecule has 2 aromatic carbocycles. The van der Waals surface area contributed by atoms with E-state index >= 15 is 0 Å². The Morgan fingerprint density at radius 3 is 2.29 bits per heavy atom. The van der Waals surface area contributed by atoms with Crippen LogP contribution in [0.3, 0.4) is 0 Å². The maximum atomic E-state index is 13.9. The molecule has 28 heavy (non-hydrogen) atoms. The van der Waals surface area contributed by atoms with Gasteiger partial charge in [-0.25, -0.2) is 4.39 Å². The molecule has 0 bridgehead atoms. The van der Waals surface area contributed by atoms with Gasteiger partial charge in [-0.3, -0.25) is 14.4 Å². The van der Waals surface area contributed by atoms with Crippen molar-refractivity contribution in [1.29, 1.82) is 0 Å². The minimum absolute atomic E-state index is 0.182. The molecule has 0 aromatic heterocycles. The number of para-hydroxylation sites is 2. The molecule has 1 saturated heterocycles. The highest BCUT2D eigenvalue weighted by atomic mass is 19.1. The van der Waals surface area contributed by atoms with Gasteiger partial charge in [0.15, 0.2) is 0 Å². The SMILES string of the molecule is NC(=O)c1ccccc1NC(=O)CC(=O)N1CCN(c2ccccc2F)CC1. The summed E-state index contributed by atoms with van der Waals surface area (Å²) in [5, 5.41) is 2.56. The molecule has 3 rings (SSSR count). The van der Waals surface area contributed by atoms with Crippen molar-refractivity contribution in [3.8, 4) is 0 Å². The van der Waals surface area contributed by atoms with Crippen LogP contribution in [-0.2, 0) is 9.59 Å². The van der Waals surface area contributed by atoms with Crippen LogP contribution >= 0.6 is 0 Å². The first-order valence-corrected chi connectivity index (χ1v) is 8.91. The summed E-state index contributed by atoms with van der Waals surface area (Å²) in [4.78, 5) is 39.5. The first-order chi connectivity index (χ1) is 13.5. The molecule has 8 heteroatoms. The first-order valence-electron chi connectivity index (χ1n) is 8.91. The molecule has 0 unspecified atom stereocenters. The predicted octanol–water partition coefficient (Wildman–Crippen LogP) is 1.60. The summed E-state index contributed by atoms with van der Waals surface area (Å²) in [5.41, 5.74) is 6.25. The molecule has 146 valence electrons. The van der Waals surface area contributed by atoms with Crippen molar-refractivity contribution in [1.82, 2.24) is 4.90 Å². The van der Waals surface area contributed by atoms with Crippen LogP contribution in [0.2, 0.25) is 0 Å². The van der Waals surface area contributed by atoms with E-state index in [1.165, 1.54) is 12.1 Å². The van der Waals surface area contributed by atoms with Crippen LogP contribution in [0.5, 0.6) is 0 Å². The van der Waals surface area contributed by atoms with E-state index in [9.17, 15) is 18.8 Å². The zero-order valence-electron chi connectivity index (χ0n) is 15.2. The molecule has 1 aliphatic heterocycles. The zero-order chi connectivity index (χ0) is 20.1. The van der Waals surface area contributed by atoms with E-state index < -0.39 is 11.8 Å². The highest BCUT2D eigenvalue weighted by molar-refractivity contribution is 6.07. The van der Waals surface area contributed by atoms with Crippen molar-refractivity contribution in [2.45, 2.75) is 6.42 Å². The number of nitrogens with one attached hydrogen (secondary N) is 1. The van der Waals surface area contributed by atoms with Crippen LogP contribution in [0, 0.1) is 5.82 Å². The molecule has 0 aliphatic carbocycles. The molecule has 1 fully saturated rings. The van der Waals surface area contributed by atoms with E-state index in [2.05, 4.69) is 5.32 Å². The Bertz CT molecular complexity index is 895. The van der Waals surface area contributed by atoms with Crippen molar-refractivity contribution in [3.05, 3.63) is 59.9 Å². The van der Waals surface area contributed by atoms with Crippen LogP contribution < -0.4 is 16.0 Å². The molecule has 1 aliphatic rings. The van der Waals surface area contributed by atoms with E-state index in [1.807, 2.05) is 4.90 Å². The first kappa shape index (κ1) is 19.3. The van der Waals surface area contributed by atoms with Crippen molar-refractivity contribution >= 4 is 29.1 Å². The number of carbonyl (C=O) groups is 3. The number of carbonyl (C=O) groups excluding carboxylic acids is 3. The van der Waals surface area contributed by atoms with Gasteiger partial charge in [0.1, 0.15) is 12.2 Å². The largest absolute Gasteiger partial charge is 0.366 e. The topological polar surface area (TPSA) is 95.7 Å². The number of piperazine rings is 1. The molecule has 3 amide bonds. The van der Waals surface area contributed by atoms with Gasteiger partial charge in [-0.15, -0.1) is 0 Å². The van der Waals surface area contributed by atoms with E-state index in [1.54, 1.807) is 41.3 Å². The molecule has 0 spiro atoms. The Labute approximate surface area is 161 Å². The van der Waals surface area contributed by atoms with Gasteiger partial charge in [0, 0.05) is 26.2 Å². The summed E-state index contributed by atoms with van der Waals surface area (Å²) in [6.07, 6.45) is -0.340. The maximum Gasteiger partial charge on any atom is 0.250 e. The van der Waals surface area contributed by atoms with Gasteiger partial charge in [0.2, 0.25) is 11.8 Å². The molecule has 0 atom stereocenters. The van der Waals surface area contributed by atoms with Crippen molar-refractivity contribution < 1.29 is 18.8 Å². The summed E-state index contributed by atoms with van der Waals surface area (Å²) >= 11 is 0. The number of halogens is 1. The normalized spacial score (nSPS) is 13.9. The second kappa shape index (κ2) is 8.51. The number of hydrogen-bond donors (Lipinski definition) is 2. The third-order valence-corrected chi connectivity index (χ3v) is 4.60. The van der Waals surface area contributed by atoms with Crippen LogP contribution in [0.15, 0.2) is 48.5 Å². The summed E-state index contributed by atoms with van der Waals surface area (Å²) in [6.45, 7) is 1.77. The average Bonchev–Trinajstić information content (AvgIpc) is 2.68. The highest BCUT2D eigenvalue weighted by Gasteiger charge is 2.24. The van der Waals surface area contributed by atoms with Gasteiger partial charge >= 0.3 is 0 Å². The van der Waals surface area contributed by atoms with Crippen LogP contribution in [0.1, 0.15) is 16.8 Å². The third-order valence-electron chi connectivity index (χ3n) is 4.60. The number of nitrogens with two attached hydrogens (primary N) is 1. The van der Waals surface area contributed by atoms with E-state index in [0.29, 0.717) is 31.9 Å². The van der Waals surface area contributed by atoms with Crippen LogP contribution in [-0.4, -0.2) is 48.8 Å². The molecule has 0 saturated carbocycles. The molecule has 0 radical (unpaired) electrons. The fraction of sp³-hybridized carbons (Fsp3) is 0.250. The lowest BCUT2D eigenvalue weighted by atomic mass is 10.1. The smallest absolute Gasteiger partial charge is 0.250 e. The Hall–Kier alpha value is -3.42. The standard InChI is InChI=1S/C20H21FN4O3/c21-15-6-2-4-8-17(15)24-9-11-25(12-10-24)19(27)13-18(26)23-16-7-3-1-5-14(16)20(22)28/h1-8H,9-13H2,(H2,22,28)(H,23,26). The molecule has 2 aromatic rings. The number of nitrogens with zero attached hydrogens (tertiary/aromatic N) is 2. The number of primary amides is 1. The van der Waals surface area contributed by atoms with E-state index in [0.717, 1.165) is 0 Å². The summed E-state index contributed by atoms with van der Waals surface area (Å²) in [5.74, 6) is -1.79. The molecular weight excluding hydrogens is 363 g/mol. The van der Waals surface area contributed by atoms with Crippen molar-refractivity contribution in [2.24, 2.45) is 5.73 Å². The van der Waals surface area contributed by atoms with E-state index in [4.69, 9.17) is 5.73 Å². The minimum atomic E-state index is -0.661. The monoisotopic (exact) mass is 384 g/mol. The van der Waals surface area contributed by atoms with Gasteiger partial charge < -0.3 is 20.9 Å². The third kappa shape index (κ3) is 4.46. The number of rotatable bonds is 5. The average molecular weight is 384 g/mol. The van der Waals surface area contributed by atoms with Gasteiger partial charge in [-0.05, 0) is 24.3 Å². The zero-order valence-corrected chi connectivity index (χ0v) is 15.2. The van der Waals surface area contributed by atoms with Gasteiger partial charge in [0.05, 0.1) is 16.9 Å². The van der Waals surface area contributed by atoms with E-state index in [-0.39, 0.29) is 29.4 Å². The molecule has 1 heterocycles. The van der Waals surface area contributed by atoms with Crippen molar-refractivity contribution in [2.75, 3.05) is 36.4 Å². The van der Waals surface area contributed by atoms with Crippen LogP contribution in [0.25, 0.3) is 0 Å².